The van der Waals surface area contributed by atoms with Gasteiger partial charge in [0.15, 0.2) is 9.84 Å². The highest BCUT2D eigenvalue weighted by molar-refractivity contribution is 7.91. The third-order valence-electron chi connectivity index (χ3n) is 5.05. The smallest absolute Gasteiger partial charge is 0.229 e. The first kappa shape index (κ1) is 17.7. The highest BCUT2D eigenvalue weighted by atomic mass is 32.2. The van der Waals surface area contributed by atoms with Crippen LogP contribution in [0.4, 0.5) is 0 Å². The molecule has 5 nitrogen and oxygen atoms in total. The Hall–Kier alpha value is -2.08. The Bertz CT molecular complexity index is 907. The van der Waals surface area contributed by atoms with Crippen LogP contribution in [0.25, 0.3) is 10.8 Å². The van der Waals surface area contributed by atoms with Gasteiger partial charge in [-0.25, -0.2) is 8.42 Å². The first-order chi connectivity index (χ1) is 11.8. The topological polar surface area (TPSA) is 63.7 Å². The van der Waals surface area contributed by atoms with Gasteiger partial charge in [-0.1, -0.05) is 24.3 Å². The van der Waals surface area contributed by atoms with E-state index in [-0.39, 0.29) is 29.4 Å². The maximum Gasteiger partial charge on any atom is 0.229 e. The number of rotatable bonds is 4. The van der Waals surface area contributed by atoms with Crippen LogP contribution in [-0.4, -0.2) is 50.9 Å². The molecule has 2 aromatic rings. The second kappa shape index (κ2) is 6.67. The lowest BCUT2D eigenvalue weighted by Gasteiger charge is -2.27. The summed E-state index contributed by atoms with van der Waals surface area (Å²) in [7, 11) is 0.333. The van der Waals surface area contributed by atoms with Crippen molar-refractivity contribution in [2.45, 2.75) is 25.3 Å². The molecule has 3 rings (SSSR count). The van der Waals surface area contributed by atoms with Crippen LogP contribution in [0.3, 0.4) is 0 Å². The predicted molar refractivity (Wildman–Crippen MR) is 98.7 cm³/mol. The van der Waals surface area contributed by atoms with Crippen molar-refractivity contribution in [1.82, 2.24) is 4.90 Å². The number of benzene rings is 2. The highest BCUT2D eigenvalue weighted by Crippen LogP contribution is 2.27. The summed E-state index contributed by atoms with van der Waals surface area (Å²) in [6.45, 7) is 1.87. The number of ether oxygens (including phenoxy) is 1. The van der Waals surface area contributed by atoms with Gasteiger partial charge in [0.1, 0.15) is 5.75 Å². The van der Waals surface area contributed by atoms with Crippen molar-refractivity contribution in [2.24, 2.45) is 0 Å². The minimum Gasteiger partial charge on any atom is -0.497 e. The number of methoxy groups -OCH3 is 1. The van der Waals surface area contributed by atoms with Crippen molar-refractivity contribution in [3.8, 4) is 5.75 Å². The van der Waals surface area contributed by atoms with Gasteiger partial charge in [-0.2, -0.15) is 0 Å². The predicted octanol–water partition coefficient (Wildman–Crippen LogP) is 2.60. The van der Waals surface area contributed by atoms with Gasteiger partial charge in [-0.15, -0.1) is 0 Å². The quantitative estimate of drug-likeness (QED) is 0.840. The molecule has 1 fully saturated rings. The van der Waals surface area contributed by atoms with Crippen LogP contribution >= 0.6 is 0 Å². The van der Waals surface area contributed by atoms with Gasteiger partial charge in [0, 0.05) is 13.1 Å². The van der Waals surface area contributed by atoms with Crippen molar-refractivity contribution in [1.29, 1.82) is 0 Å². The Labute approximate surface area is 148 Å². The number of hydrogen-bond acceptors (Lipinski definition) is 4. The lowest BCUT2D eigenvalue weighted by molar-refractivity contribution is -0.132. The van der Waals surface area contributed by atoms with E-state index in [4.69, 9.17) is 4.74 Å². The van der Waals surface area contributed by atoms with E-state index in [2.05, 4.69) is 0 Å². The number of carbonyl (C=O) groups excluding carboxylic acids is 1. The number of carbonyl (C=O) groups is 1. The van der Waals surface area contributed by atoms with Crippen LogP contribution in [0.2, 0.25) is 0 Å². The molecule has 25 heavy (non-hydrogen) atoms. The average molecular weight is 361 g/mol. The number of hydrogen-bond donors (Lipinski definition) is 0. The zero-order valence-corrected chi connectivity index (χ0v) is 15.5. The molecule has 0 spiro atoms. The summed E-state index contributed by atoms with van der Waals surface area (Å²) in [5, 5.41) is 2.10. The van der Waals surface area contributed by atoms with Gasteiger partial charge in [-0.05, 0) is 41.8 Å². The van der Waals surface area contributed by atoms with Crippen LogP contribution in [0.5, 0.6) is 5.75 Å². The molecule has 0 aromatic heterocycles. The molecule has 0 unspecified atom stereocenters. The van der Waals surface area contributed by atoms with Gasteiger partial charge in [0.2, 0.25) is 5.91 Å². The molecule has 0 saturated carbocycles. The minimum atomic E-state index is -3.01. The van der Waals surface area contributed by atoms with E-state index < -0.39 is 9.84 Å². The van der Waals surface area contributed by atoms with E-state index in [1.165, 1.54) is 0 Å². The second-order valence-electron chi connectivity index (χ2n) is 6.70. The molecule has 2 atom stereocenters. The third-order valence-corrected chi connectivity index (χ3v) is 6.80. The van der Waals surface area contributed by atoms with E-state index in [9.17, 15) is 13.2 Å². The molecule has 134 valence electrons. The number of amides is 1. The summed E-state index contributed by atoms with van der Waals surface area (Å²) >= 11 is 0. The van der Waals surface area contributed by atoms with Crippen LogP contribution in [-0.2, 0) is 14.6 Å². The summed E-state index contributed by atoms with van der Waals surface area (Å²) in [5.74, 6) is 0.669. The number of likely N-dealkylation sites (N-methyl/N-ethyl adjacent to an activating group) is 1. The standard InChI is InChI=1S/C19H23NO4S/c1-13(19(21)20(2)17-8-9-25(22,23)12-17)14-4-5-16-11-18(24-3)7-6-15(16)10-14/h4-7,10-11,13,17H,8-9,12H2,1-3H3/t13-,17-/m1/s1. The molecule has 1 aliphatic rings. The monoisotopic (exact) mass is 361 g/mol. The first-order valence-electron chi connectivity index (χ1n) is 8.35. The highest BCUT2D eigenvalue weighted by Gasteiger charge is 2.34. The van der Waals surface area contributed by atoms with E-state index in [0.717, 1.165) is 22.1 Å². The fraction of sp³-hybridized carbons (Fsp3) is 0.421. The minimum absolute atomic E-state index is 0.0463. The van der Waals surface area contributed by atoms with E-state index >= 15 is 0 Å². The molecule has 6 heteroatoms. The van der Waals surface area contributed by atoms with Crippen LogP contribution in [0.15, 0.2) is 36.4 Å². The van der Waals surface area contributed by atoms with Gasteiger partial charge in [0.05, 0.1) is 24.5 Å². The summed E-state index contributed by atoms with van der Waals surface area (Å²) in [6.07, 6.45) is 0.523. The van der Waals surface area contributed by atoms with Gasteiger partial charge >= 0.3 is 0 Å². The molecular formula is C19H23NO4S. The lowest BCUT2D eigenvalue weighted by atomic mass is 9.96. The zero-order chi connectivity index (χ0) is 18.2. The molecular weight excluding hydrogens is 338 g/mol. The molecule has 1 saturated heterocycles. The number of fused-ring (bicyclic) bond motifs is 1. The Morgan fingerprint density at radius 1 is 1.20 bits per heavy atom. The molecule has 2 aromatic carbocycles. The number of nitrogens with zero attached hydrogens (tertiary/aromatic N) is 1. The average Bonchev–Trinajstić information content (AvgIpc) is 2.98. The van der Waals surface area contributed by atoms with Crippen LogP contribution in [0.1, 0.15) is 24.8 Å². The Balaban J connectivity index is 1.81. The Morgan fingerprint density at radius 2 is 1.88 bits per heavy atom. The summed E-state index contributed by atoms with van der Waals surface area (Å²) < 4.78 is 28.6. The SMILES string of the molecule is COc1ccc2cc([C@@H](C)C(=O)N(C)[C@@H]3CCS(=O)(=O)C3)ccc2c1. The van der Waals surface area contributed by atoms with Crippen molar-refractivity contribution >= 4 is 26.5 Å². The first-order valence-corrected chi connectivity index (χ1v) is 10.2. The van der Waals surface area contributed by atoms with E-state index in [0.29, 0.717) is 6.42 Å². The molecule has 0 N–H and O–H groups in total. The van der Waals surface area contributed by atoms with Crippen LogP contribution < -0.4 is 4.74 Å². The lowest BCUT2D eigenvalue weighted by Crippen LogP contribution is -2.40. The Kier molecular flexibility index (Phi) is 4.73. The normalized spacial score (nSPS) is 20.4. The molecule has 1 amide bonds. The fourth-order valence-electron chi connectivity index (χ4n) is 3.35. The largest absolute Gasteiger partial charge is 0.497 e. The summed E-state index contributed by atoms with van der Waals surface area (Å²) in [6, 6.07) is 11.6. The molecule has 1 aliphatic heterocycles. The van der Waals surface area contributed by atoms with Crippen molar-refractivity contribution < 1.29 is 17.9 Å². The van der Waals surface area contributed by atoms with Crippen LogP contribution in [0, 0.1) is 0 Å². The van der Waals surface area contributed by atoms with E-state index in [1.807, 2.05) is 43.3 Å². The molecule has 0 aliphatic carbocycles. The van der Waals surface area contributed by atoms with Gasteiger partial charge < -0.3 is 9.64 Å². The third kappa shape index (κ3) is 3.63. The zero-order valence-electron chi connectivity index (χ0n) is 14.7. The van der Waals surface area contributed by atoms with Crippen molar-refractivity contribution in [2.75, 3.05) is 25.7 Å². The fourth-order valence-corrected chi connectivity index (χ4v) is 5.12. The maximum absolute atomic E-state index is 12.8. The van der Waals surface area contributed by atoms with Gasteiger partial charge in [0.25, 0.3) is 0 Å². The van der Waals surface area contributed by atoms with E-state index in [1.54, 1.807) is 19.1 Å². The summed E-state index contributed by atoms with van der Waals surface area (Å²) in [5.41, 5.74) is 0.926. The number of sulfone groups is 1. The van der Waals surface area contributed by atoms with Crippen molar-refractivity contribution in [3.63, 3.8) is 0 Å². The van der Waals surface area contributed by atoms with Gasteiger partial charge in [-0.3, -0.25) is 4.79 Å². The van der Waals surface area contributed by atoms with Crippen molar-refractivity contribution in [3.05, 3.63) is 42.0 Å². The molecule has 1 heterocycles. The maximum atomic E-state index is 12.8. The summed E-state index contributed by atoms with van der Waals surface area (Å²) in [4.78, 5) is 14.4. The Morgan fingerprint density at radius 3 is 2.52 bits per heavy atom. The second-order valence-corrected chi connectivity index (χ2v) is 8.93. The molecule has 0 bridgehead atoms. The molecule has 0 radical (unpaired) electrons.